The Labute approximate surface area is 93.8 Å². The van der Waals surface area contributed by atoms with Gasteiger partial charge in [0.25, 0.3) is 6.43 Å². The molecule has 1 atom stereocenters. The lowest BCUT2D eigenvalue weighted by atomic mass is 10.2. The summed E-state index contributed by atoms with van der Waals surface area (Å²) in [6.07, 6.45) is -2.33. The van der Waals surface area contributed by atoms with E-state index in [2.05, 4.69) is 5.10 Å². The zero-order valence-corrected chi connectivity index (χ0v) is 8.71. The van der Waals surface area contributed by atoms with Gasteiger partial charge in [0, 0.05) is 0 Å². The fourth-order valence-corrected chi connectivity index (χ4v) is 1.33. The van der Waals surface area contributed by atoms with Gasteiger partial charge < -0.3 is 5.11 Å². The number of aliphatic carboxylic acids is 1. The number of hydrogen-bond acceptors (Lipinski definition) is 4. The fraction of sp³-hybridized carbons (Fsp3) is 0.500. The highest BCUT2D eigenvalue weighted by Gasteiger charge is 2.30. The minimum Gasteiger partial charge on any atom is -0.480 e. The summed E-state index contributed by atoms with van der Waals surface area (Å²) in [5.74, 6) is -1.29. The molecule has 1 aromatic heterocycles. The molecule has 0 aliphatic heterocycles. The molecular weight excluding hydrogens is 240 g/mol. The summed E-state index contributed by atoms with van der Waals surface area (Å²) in [4.78, 5) is 20.3. The van der Waals surface area contributed by atoms with E-state index in [9.17, 15) is 23.7 Å². The molecule has 7 nitrogen and oxygen atoms in total. The number of carboxylic acids is 1. The maximum Gasteiger partial charge on any atom is 0.328 e. The Balaban J connectivity index is 3.24. The number of aromatic nitrogens is 2. The number of halogens is 2. The van der Waals surface area contributed by atoms with Crippen LogP contribution >= 0.6 is 0 Å². The highest BCUT2D eigenvalue weighted by molar-refractivity contribution is 5.71. The first kappa shape index (κ1) is 13.0. The molecule has 0 aliphatic rings. The SMILES string of the molecule is CCC(C(=O)O)n1cc([N+](=O)[O-])c(C(F)F)n1. The zero-order chi connectivity index (χ0) is 13.2. The van der Waals surface area contributed by atoms with Crippen molar-refractivity contribution in [2.24, 2.45) is 0 Å². The van der Waals surface area contributed by atoms with Crippen molar-refractivity contribution in [2.75, 3.05) is 0 Å². The van der Waals surface area contributed by atoms with Crippen LogP contribution in [0.4, 0.5) is 14.5 Å². The van der Waals surface area contributed by atoms with Gasteiger partial charge in [0.2, 0.25) is 5.69 Å². The molecule has 1 heterocycles. The number of nitrogens with zero attached hydrogens (tertiary/aromatic N) is 3. The Morgan fingerprint density at radius 2 is 2.29 bits per heavy atom. The van der Waals surface area contributed by atoms with Crippen molar-refractivity contribution >= 4 is 11.7 Å². The molecule has 1 unspecified atom stereocenters. The zero-order valence-electron chi connectivity index (χ0n) is 8.71. The number of carbonyl (C=O) groups is 1. The van der Waals surface area contributed by atoms with Gasteiger partial charge in [-0.15, -0.1) is 0 Å². The van der Waals surface area contributed by atoms with Crippen LogP contribution in [-0.4, -0.2) is 25.8 Å². The van der Waals surface area contributed by atoms with Gasteiger partial charge in [0.1, 0.15) is 12.2 Å². The topological polar surface area (TPSA) is 98.3 Å². The van der Waals surface area contributed by atoms with Crippen LogP contribution < -0.4 is 0 Å². The van der Waals surface area contributed by atoms with Crippen LogP contribution in [0.25, 0.3) is 0 Å². The Bertz CT molecular complexity index is 446. The largest absolute Gasteiger partial charge is 0.480 e. The van der Waals surface area contributed by atoms with Crippen molar-refractivity contribution < 1.29 is 23.6 Å². The van der Waals surface area contributed by atoms with Crippen LogP contribution in [0.2, 0.25) is 0 Å². The van der Waals surface area contributed by atoms with Crippen molar-refractivity contribution in [3.05, 3.63) is 22.0 Å². The maximum atomic E-state index is 12.4. The van der Waals surface area contributed by atoms with Gasteiger partial charge in [-0.05, 0) is 6.42 Å². The Morgan fingerprint density at radius 1 is 1.71 bits per heavy atom. The predicted molar refractivity (Wildman–Crippen MR) is 50.8 cm³/mol. The molecule has 0 saturated carbocycles. The molecule has 1 aromatic rings. The first-order valence-corrected chi connectivity index (χ1v) is 4.62. The average molecular weight is 249 g/mol. The Kier molecular flexibility index (Phi) is 3.71. The highest BCUT2D eigenvalue weighted by Crippen LogP contribution is 2.28. The number of rotatable bonds is 5. The molecule has 9 heteroatoms. The lowest BCUT2D eigenvalue weighted by molar-refractivity contribution is -0.386. The van der Waals surface area contributed by atoms with Gasteiger partial charge >= 0.3 is 11.7 Å². The number of nitro groups is 1. The van der Waals surface area contributed by atoms with Crippen molar-refractivity contribution in [1.82, 2.24) is 9.78 Å². The van der Waals surface area contributed by atoms with Gasteiger partial charge in [-0.2, -0.15) is 5.10 Å². The summed E-state index contributed by atoms with van der Waals surface area (Å²) in [6, 6.07) is -1.19. The van der Waals surface area contributed by atoms with E-state index in [0.717, 1.165) is 0 Å². The average Bonchev–Trinajstić information content (AvgIpc) is 2.63. The van der Waals surface area contributed by atoms with E-state index >= 15 is 0 Å². The third kappa shape index (κ3) is 2.55. The Hall–Kier alpha value is -2.06. The lowest BCUT2D eigenvalue weighted by Crippen LogP contribution is -2.18. The summed E-state index contributed by atoms with van der Waals surface area (Å²) in [5.41, 5.74) is -1.89. The van der Waals surface area contributed by atoms with E-state index in [1.165, 1.54) is 6.92 Å². The monoisotopic (exact) mass is 249 g/mol. The van der Waals surface area contributed by atoms with E-state index < -0.39 is 34.7 Å². The van der Waals surface area contributed by atoms with Crippen LogP contribution in [0.3, 0.4) is 0 Å². The molecule has 0 spiro atoms. The molecule has 94 valence electrons. The van der Waals surface area contributed by atoms with E-state index in [0.29, 0.717) is 10.9 Å². The smallest absolute Gasteiger partial charge is 0.328 e. The minimum atomic E-state index is -3.12. The summed E-state index contributed by atoms with van der Waals surface area (Å²) in [7, 11) is 0. The highest BCUT2D eigenvalue weighted by atomic mass is 19.3. The van der Waals surface area contributed by atoms with Crippen molar-refractivity contribution in [3.63, 3.8) is 0 Å². The first-order valence-electron chi connectivity index (χ1n) is 4.62. The van der Waals surface area contributed by atoms with E-state index in [4.69, 9.17) is 5.11 Å². The second kappa shape index (κ2) is 4.85. The second-order valence-corrected chi connectivity index (χ2v) is 3.20. The normalized spacial score (nSPS) is 12.7. The molecule has 1 rings (SSSR count). The van der Waals surface area contributed by atoms with Crippen molar-refractivity contribution in [2.45, 2.75) is 25.8 Å². The molecule has 0 saturated heterocycles. The minimum absolute atomic E-state index is 0.0802. The molecule has 0 aromatic carbocycles. The van der Waals surface area contributed by atoms with Crippen LogP contribution in [-0.2, 0) is 4.79 Å². The van der Waals surface area contributed by atoms with Gasteiger partial charge in [0.05, 0.1) is 4.92 Å². The van der Waals surface area contributed by atoms with Crippen LogP contribution in [0, 0.1) is 10.1 Å². The van der Waals surface area contributed by atoms with Crippen molar-refractivity contribution in [1.29, 1.82) is 0 Å². The molecule has 0 amide bonds. The predicted octanol–water partition coefficient (Wildman–Crippen LogP) is 1.76. The fourth-order valence-electron chi connectivity index (χ4n) is 1.33. The lowest BCUT2D eigenvalue weighted by Gasteiger charge is -2.08. The molecule has 0 fully saturated rings. The van der Waals surface area contributed by atoms with Gasteiger partial charge in [0.15, 0.2) is 0 Å². The van der Waals surface area contributed by atoms with E-state index in [1.54, 1.807) is 0 Å². The third-order valence-electron chi connectivity index (χ3n) is 2.13. The standard InChI is InChI=1S/C8H9F2N3O4/c1-2-4(8(14)15)12-3-5(13(16)17)6(11-12)7(9)10/h3-4,7H,2H2,1H3,(H,14,15). The van der Waals surface area contributed by atoms with Crippen LogP contribution in [0.5, 0.6) is 0 Å². The van der Waals surface area contributed by atoms with Crippen molar-refractivity contribution in [3.8, 4) is 0 Å². The molecule has 17 heavy (non-hydrogen) atoms. The molecule has 1 N–H and O–H groups in total. The van der Waals surface area contributed by atoms with Gasteiger partial charge in [-0.3, -0.25) is 14.8 Å². The van der Waals surface area contributed by atoms with E-state index in [1.807, 2.05) is 0 Å². The second-order valence-electron chi connectivity index (χ2n) is 3.20. The quantitative estimate of drug-likeness (QED) is 0.633. The number of hydrogen-bond donors (Lipinski definition) is 1. The summed E-state index contributed by atoms with van der Waals surface area (Å²) >= 11 is 0. The third-order valence-corrected chi connectivity index (χ3v) is 2.13. The van der Waals surface area contributed by atoms with Crippen LogP contribution in [0.15, 0.2) is 6.20 Å². The molecule has 0 radical (unpaired) electrons. The van der Waals surface area contributed by atoms with E-state index in [-0.39, 0.29) is 6.42 Å². The van der Waals surface area contributed by atoms with Gasteiger partial charge in [-0.1, -0.05) is 6.92 Å². The molecule has 0 bridgehead atoms. The number of carboxylic acid groups (broad SMARTS) is 1. The maximum absolute atomic E-state index is 12.4. The number of alkyl halides is 2. The first-order chi connectivity index (χ1) is 7.88. The van der Waals surface area contributed by atoms with Gasteiger partial charge in [-0.25, -0.2) is 13.6 Å². The molecular formula is C8H9F2N3O4. The summed E-state index contributed by atoms with van der Waals surface area (Å²) in [6.45, 7) is 1.51. The summed E-state index contributed by atoms with van der Waals surface area (Å²) < 4.78 is 25.6. The molecule has 0 aliphatic carbocycles. The summed E-state index contributed by atoms with van der Waals surface area (Å²) in [5, 5.41) is 22.5. The Morgan fingerprint density at radius 3 is 2.59 bits per heavy atom. The van der Waals surface area contributed by atoms with Crippen LogP contribution in [0.1, 0.15) is 31.5 Å².